The maximum Gasteiger partial charge on any atom is 0.344 e. The van der Waals surface area contributed by atoms with Crippen LogP contribution in [0.3, 0.4) is 0 Å². The summed E-state index contributed by atoms with van der Waals surface area (Å²) in [6.07, 6.45) is 3.40. The predicted molar refractivity (Wildman–Crippen MR) is 158 cm³/mol. The van der Waals surface area contributed by atoms with Crippen molar-refractivity contribution in [1.82, 2.24) is 15.0 Å². The van der Waals surface area contributed by atoms with Crippen molar-refractivity contribution < 1.29 is 9.21 Å². The van der Waals surface area contributed by atoms with Crippen LogP contribution in [0.2, 0.25) is 0 Å². The van der Waals surface area contributed by atoms with Crippen molar-refractivity contribution in [3.05, 3.63) is 118 Å². The number of aromatic nitrogens is 3. The highest BCUT2D eigenvalue weighted by atomic mass is 16.4. The topological polar surface area (TPSA) is 90.0 Å². The average molecular weight is 529 g/mol. The molecule has 7 nitrogen and oxygen atoms in total. The van der Waals surface area contributed by atoms with Crippen LogP contribution >= 0.6 is 0 Å². The van der Waals surface area contributed by atoms with E-state index in [0.29, 0.717) is 33.5 Å². The van der Waals surface area contributed by atoms with Gasteiger partial charge >= 0.3 is 5.63 Å². The molecule has 1 N–H and O–H groups in total. The smallest absolute Gasteiger partial charge is 0.344 e. The van der Waals surface area contributed by atoms with E-state index in [1.54, 1.807) is 35.1 Å². The summed E-state index contributed by atoms with van der Waals surface area (Å²) in [5.74, 6) is -0.255. The second-order valence-corrected chi connectivity index (χ2v) is 9.93. The molecule has 0 aliphatic carbocycles. The minimum absolute atomic E-state index is 0.255. The lowest BCUT2D eigenvalue weighted by molar-refractivity contribution is 0.102. The van der Waals surface area contributed by atoms with E-state index >= 15 is 0 Å². The standard InChI is InChI=1S/C33H28N4O3/c1-3-4-7-22-10-16-26(17-11-22)37-35-29-18-21(2)28(20-30(29)36-37)34-32(38)24-14-12-23(13-15-24)27-19-25-8-5-6-9-31(25)40-33(27)39/h5-6,8-20H,3-4,7H2,1-2H3,(H,34,38). The number of nitrogens with one attached hydrogen (secondary N) is 1. The minimum Gasteiger partial charge on any atom is -0.422 e. The molecular weight excluding hydrogens is 500 g/mol. The van der Waals surface area contributed by atoms with Crippen LogP contribution in [0.25, 0.3) is 38.8 Å². The van der Waals surface area contributed by atoms with Gasteiger partial charge in [-0.05, 0) is 85.0 Å². The van der Waals surface area contributed by atoms with Gasteiger partial charge in [-0.15, -0.1) is 10.2 Å². The van der Waals surface area contributed by atoms with Crippen LogP contribution in [0, 0.1) is 6.92 Å². The van der Waals surface area contributed by atoms with Crippen LogP contribution in [0.4, 0.5) is 5.69 Å². The number of anilines is 1. The van der Waals surface area contributed by atoms with Crippen molar-refractivity contribution in [2.45, 2.75) is 33.1 Å². The summed E-state index contributed by atoms with van der Waals surface area (Å²) < 4.78 is 5.45. The van der Waals surface area contributed by atoms with Crippen LogP contribution < -0.4 is 10.9 Å². The van der Waals surface area contributed by atoms with E-state index in [1.807, 2.05) is 55.5 Å². The molecule has 40 heavy (non-hydrogen) atoms. The molecule has 2 aromatic heterocycles. The van der Waals surface area contributed by atoms with E-state index in [-0.39, 0.29) is 5.91 Å². The van der Waals surface area contributed by atoms with Crippen molar-refractivity contribution in [3.8, 4) is 16.8 Å². The Hall–Kier alpha value is -5.04. The number of benzene rings is 4. The molecule has 4 aromatic carbocycles. The van der Waals surface area contributed by atoms with Crippen LogP contribution in [-0.4, -0.2) is 20.9 Å². The highest BCUT2D eigenvalue weighted by molar-refractivity contribution is 6.05. The molecule has 7 heteroatoms. The molecule has 6 aromatic rings. The predicted octanol–water partition coefficient (Wildman–Crippen LogP) is 7.10. The zero-order chi connectivity index (χ0) is 27.6. The number of fused-ring (bicyclic) bond motifs is 2. The molecule has 0 atom stereocenters. The molecule has 0 bridgehead atoms. The van der Waals surface area contributed by atoms with E-state index in [1.165, 1.54) is 18.4 Å². The van der Waals surface area contributed by atoms with E-state index in [4.69, 9.17) is 4.42 Å². The maximum atomic E-state index is 13.1. The van der Waals surface area contributed by atoms with Crippen LogP contribution in [0.1, 0.15) is 41.3 Å². The van der Waals surface area contributed by atoms with E-state index in [2.05, 4.69) is 34.6 Å². The van der Waals surface area contributed by atoms with Gasteiger partial charge in [0.05, 0.1) is 11.3 Å². The Balaban J connectivity index is 1.21. The first kappa shape index (κ1) is 25.2. The molecule has 0 aliphatic rings. The lowest BCUT2D eigenvalue weighted by atomic mass is 10.0. The largest absolute Gasteiger partial charge is 0.422 e. The fourth-order valence-electron chi connectivity index (χ4n) is 4.75. The third-order valence-electron chi connectivity index (χ3n) is 7.06. The van der Waals surface area contributed by atoms with Crippen molar-refractivity contribution in [2.75, 3.05) is 5.32 Å². The number of hydrogen-bond donors (Lipinski definition) is 1. The SMILES string of the molecule is CCCCc1ccc(-n2nc3cc(C)c(NC(=O)c4ccc(-c5cc6ccccc6oc5=O)cc4)cc3n2)cc1. The molecule has 0 unspecified atom stereocenters. The first-order valence-corrected chi connectivity index (χ1v) is 13.4. The van der Waals surface area contributed by atoms with Crippen molar-refractivity contribution in [2.24, 2.45) is 0 Å². The Bertz CT molecular complexity index is 1900. The molecule has 0 spiro atoms. The number of carbonyl (C=O) groups excluding carboxylic acids is 1. The van der Waals surface area contributed by atoms with Gasteiger partial charge < -0.3 is 9.73 Å². The van der Waals surface area contributed by atoms with Crippen molar-refractivity contribution >= 4 is 33.6 Å². The van der Waals surface area contributed by atoms with E-state index in [0.717, 1.165) is 28.6 Å². The first-order valence-electron chi connectivity index (χ1n) is 13.4. The molecule has 198 valence electrons. The van der Waals surface area contributed by atoms with Crippen molar-refractivity contribution in [3.63, 3.8) is 0 Å². The summed E-state index contributed by atoms with van der Waals surface area (Å²) in [5, 5.41) is 13.1. The highest BCUT2D eigenvalue weighted by Gasteiger charge is 2.14. The van der Waals surface area contributed by atoms with Gasteiger partial charge in [0.15, 0.2) is 0 Å². The quantitative estimate of drug-likeness (QED) is 0.223. The highest BCUT2D eigenvalue weighted by Crippen LogP contribution is 2.25. The Labute approximate surface area is 231 Å². The number of hydrogen-bond acceptors (Lipinski definition) is 5. The fraction of sp³-hybridized carbons (Fsp3) is 0.152. The number of amides is 1. The number of nitrogens with zero attached hydrogens (tertiary/aromatic N) is 3. The van der Waals surface area contributed by atoms with Gasteiger partial charge in [-0.1, -0.05) is 55.8 Å². The number of carbonyl (C=O) groups is 1. The van der Waals surface area contributed by atoms with Gasteiger partial charge in [0.2, 0.25) is 0 Å². The Morgan fingerprint density at radius 2 is 1.62 bits per heavy atom. The van der Waals surface area contributed by atoms with Crippen LogP contribution in [0.5, 0.6) is 0 Å². The second-order valence-electron chi connectivity index (χ2n) is 9.93. The summed E-state index contributed by atoms with van der Waals surface area (Å²) in [6.45, 7) is 4.12. The lowest BCUT2D eigenvalue weighted by Gasteiger charge is -2.09. The molecule has 0 fully saturated rings. The van der Waals surface area contributed by atoms with Crippen molar-refractivity contribution in [1.29, 1.82) is 0 Å². The van der Waals surface area contributed by atoms with Gasteiger partial charge in [0.1, 0.15) is 16.6 Å². The maximum absolute atomic E-state index is 13.1. The van der Waals surface area contributed by atoms with Gasteiger partial charge in [-0.3, -0.25) is 4.79 Å². The summed E-state index contributed by atoms with van der Waals surface area (Å²) in [7, 11) is 0. The summed E-state index contributed by atoms with van der Waals surface area (Å²) in [6, 6.07) is 28.2. The first-order chi connectivity index (χ1) is 19.5. The zero-order valence-corrected chi connectivity index (χ0v) is 22.3. The molecule has 0 saturated heterocycles. The van der Waals surface area contributed by atoms with Gasteiger partial charge in [0.25, 0.3) is 5.91 Å². The molecular formula is C33H28N4O3. The summed E-state index contributed by atoms with van der Waals surface area (Å²) in [5.41, 5.74) is 6.91. The van der Waals surface area contributed by atoms with Crippen LogP contribution in [-0.2, 0) is 6.42 Å². The van der Waals surface area contributed by atoms with Gasteiger partial charge in [-0.2, -0.15) is 4.80 Å². The summed E-state index contributed by atoms with van der Waals surface area (Å²) >= 11 is 0. The van der Waals surface area contributed by atoms with Gasteiger partial charge in [0, 0.05) is 16.6 Å². The third kappa shape index (κ3) is 5.01. The molecule has 0 saturated carbocycles. The molecule has 0 aliphatic heterocycles. The number of aryl methyl sites for hydroxylation is 2. The fourth-order valence-corrected chi connectivity index (χ4v) is 4.75. The zero-order valence-electron chi connectivity index (χ0n) is 22.3. The molecule has 1 amide bonds. The molecule has 2 heterocycles. The molecule has 6 rings (SSSR count). The average Bonchev–Trinajstić information content (AvgIpc) is 3.39. The van der Waals surface area contributed by atoms with Gasteiger partial charge in [-0.25, -0.2) is 4.79 Å². The minimum atomic E-state index is -0.416. The Kier molecular flexibility index (Phi) is 6.70. The second kappa shape index (κ2) is 10.6. The van der Waals surface area contributed by atoms with E-state index < -0.39 is 5.63 Å². The summed E-state index contributed by atoms with van der Waals surface area (Å²) in [4.78, 5) is 27.2. The number of para-hydroxylation sites is 1. The number of rotatable bonds is 7. The molecule has 0 radical (unpaired) electrons. The monoisotopic (exact) mass is 528 g/mol. The Morgan fingerprint density at radius 3 is 2.38 bits per heavy atom. The Morgan fingerprint density at radius 1 is 0.900 bits per heavy atom. The lowest BCUT2D eigenvalue weighted by Crippen LogP contribution is -2.13. The normalized spacial score (nSPS) is 11.2. The van der Waals surface area contributed by atoms with Crippen LogP contribution in [0.15, 0.2) is 100 Å². The third-order valence-corrected chi connectivity index (χ3v) is 7.06. The van der Waals surface area contributed by atoms with E-state index in [9.17, 15) is 9.59 Å². The number of unbranched alkanes of at least 4 members (excludes halogenated alkanes) is 1.